The molecule has 1 aliphatic rings. The van der Waals surface area contributed by atoms with Crippen molar-refractivity contribution in [3.8, 4) is 5.75 Å². The Bertz CT molecular complexity index is 453. The van der Waals surface area contributed by atoms with Crippen LogP contribution in [0.1, 0.15) is 71.8 Å². The first-order valence-corrected chi connectivity index (χ1v) is 8.73. The summed E-state index contributed by atoms with van der Waals surface area (Å²) in [5, 5.41) is 0. The van der Waals surface area contributed by atoms with E-state index in [-0.39, 0.29) is 6.29 Å². The third-order valence-corrected chi connectivity index (χ3v) is 4.33. The monoisotopic (exact) mass is 304 g/mol. The van der Waals surface area contributed by atoms with Crippen LogP contribution in [0.25, 0.3) is 0 Å². The van der Waals surface area contributed by atoms with Crippen LogP contribution < -0.4 is 4.74 Å². The van der Waals surface area contributed by atoms with Crippen molar-refractivity contribution in [3.63, 3.8) is 0 Å². The predicted octanol–water partition coefficient (Wildman–Crippen LogP) is 5.77. The number of hydrogen-bond donors (Lipinski definition) is 0. The van der Waals surface area contributed by atoms with Crippen LogP contribution in [0.5, 0.6) is 5.75 Å². The fraction of sp³-hybridized carbons (Fsp3) is 0.700. The third-order valence-electron chi connectivity index (χ3n) is 4.33. The molecular weight excluding hydrogens is 272 g/mol. The van der Waals surface area contributed by atoms with E-state index in [2.05, 4.69) is 58.9 Å². The van der Waals surface area contributed by atoms with Crippen molar-refractivity contribution in [1.82, 2.24) is 0 Å². The fourth-order valence-corrected chi connectivity index (χ4v) is 3.17. The van der Waals surface area contributed by atoms with Crippen molar-refractivity contribution in [2.45, 2.75) is 72.5 Å². The molecule has 1 aromatic carbocycles. The molecule has 2 heteroatoms. The molecular formula is C20H32O2. The van der Waals surface area contributed by atoms with Gasteiger partial charge < -0.3 is 9.47 Å². The lowest BCUT2D eigenvalue weighted by Crippen LogP contribution is -2.25. The van der Waals surface area contributed by atoms with Gasteiger partial charge in [-0.05, 0) is 54.2 Å². The van der Waals surface area contributed by atoms with Crippen LogP contribution in [0.15, 0.2) is 24.3 Å². The van der Waals surface area contributed by atoms with E-state index in [1.165, 1.54) is 18.4 Å². The van der Waals surface area contributed by atoms with Crippen LogP contribution in [0.3, 0.4) is 0 Å². The Hall–Kier alpha value is -1.02. The summed E-state index contributed by atoms with van der Waals surface area (Å²) in [5.41, 5.74) is 1.72. The van der Waals surface area contributed by atoms with Crippen LogP contribution >= 0.6 is 0 Å². The molecule has 0 radical (unpaired) electrons. The number of rotatable bonds is 5. The van der Waals surface area contributed by atoms with Crippen molar-refractivity contribution >= 4 is 0 Å². The lowest BCUT2D eigenvalue weighted by atomic mass is 9.76. The summed E-state index contributed by atoms with van der Waals surface area (Å²) in [4.78, 5) is 0. The van der Waals surface area contributed by atoms with Gasteiger partial charge in [0.25, 0.3) is 0 Å². The Morgan fingerprint density at radius 1 is 1.23 bits per heavy atom. The smallest absolute Gasteiger partial charge is 0.199 e. The summed E-state index contributed by atoms with van der Waals surface area (Å²) in [7, 11) is 0. The van der Waals surface area contributed by atoms with E-state index < -0.39 is 0 Å². The van der Waals surface area contributed by atoms with E-state index in [4.69, 9.17) is 9.47 Å². The van der Waals surface area contributed by atoms with Crippen LogP contribution in [0, 0.1) is 11.3 Å². The van der Waals surface area contributed by atoms with Gasteiger partial charge >= 0.3 is 0 Å². The second-order valence-corrected chi connectivity index (χ2v) is 8.10. The Labute approximate surface area is 136 Å². The molecule has 2 atom stereocenters. The van der Waals surface area contributed by atoms with Crippen LogP contribution in [-0.2, 0) is 4.74 Å². The first kappa shape index (κ1) is 17.3. The molecule has 22 heavy (non-hydrogen) atoms. The number of benzene rings is 1. The van der Waals surface area contributed by atoms with Crippen LogP contribution in [0.4, 0.5) is 0 Å². The van der Waals surface area contributed by atoms with Gasteiger partial charge in [-0.2, -0.15) is 0 Å². The van der Waals surface area contributed by atoms with Crippen molar-refractivity contribution in [1.29, 1.82) is 0 Å². The maximum atomic E-state index is 6.03. The van der Waals surface area contributed by atoms with Crippen molar-refractivity contribution in [2.24, 2.45) is 11.3 Å². The highest BCUT2D eigenvalue weighted by atomic mass is 16.7. The zero-order valence-corrected chi connectivity index (χ0v) is 14.9. The molecule has 0 aliphatic carbocycles. The summed E-state index contributed by atoms with van der Waals surface area (Å²) in [6, 6.07) is 8.63. The maximum Gasteiger partial charge on any atom is 0.199 e. The molecule has 0 saturated carbocycles. The summed E-state index contributed by atoms with van der Waals surface area (Å²) in [6.07, 6.45) is 4.47. The molecule has 1 heterocycles. The Balaban J connectivity index is 2.10. The molecule has 2 nitrogen and oxygen atoms in total. The predicted molar refractivity (Wildman–Crippen MR) is 92.3 cm³/mol. The minimum atomic E-state index is -0.0656. The minimum Gasteiger partial charge on any atom is -0.465 e. The van der Waals surface area contributed by atoms with Crippen molar-refractivity contribution in [3.05, 3.63) is 29.8 Å². The second-order valence-electron chi connectivity index (χ2n) is 8.10. The summed E-state index contributed by atoms with van der Waals surface area (Å²) in [6.45, 7) is 12.4. The molecule has 2 rings (SSSR count). The third kappa shape index (κ3) is 5.31. The summed E-state index contributed by atoms with van der Waals surface area (Å²) in [5.74, 6) is 2.14. The number of hydrogen-bond acceptors (Lipinski definition) is 2. The zero-order chi connectivity index (χ0) is 16.2. The summed E-state index contributed by atoms with van der Waals surface area (Å²) >= 11 is 0. The van der Waals surface area contributed by atoms with Gasteiger partial charge in [0.1, 0.15) is 5.75 Å². The quantitative estimate of drug-likeness (QED) is 0.687. The SMILES string of the molecule is CC(C)C(CC(C)(C)C)c1cccc(OC2CCCCO2)c1. The van der Waals surface area contributed by atoms with Gasteiger partial charge in [0.05, 0.1) is 6.61 Å². The maximum absolute atomic E-state index is 6.03. The molecule has 1 fully saturated rings. The highest BCUT2D eigenvalue weighted by Crippen LogP contribution is 2.37. The Morgan fingerprint density at radius 3 is 2.59 bits per heavy atom. The average molecular weight is 304 g/mol. The molecule has 0 spiro atoms. The lowest BCUT2D eigenvalue weighted by molar-refractivity contribution is -0.105. The molecule has 1 saturated heterocycles. The molecule has 0 amide bonds. The van der Waals surface area contributed by atoms with Gasteiger partial charge in [-0.3, -0.25) is 0 Å². The van der Waals surface area contributed by atoms with Crippen molar-refractivity contribution in [2.75, 3.05) is 6.61 Å². The fourth-order valence-electron chi connectivity index (χ4n) is 3.17. The van der Waals surface area contributed by atoms with Gasteiger partial charge in [0.2, 0.25) is 0 Å². The van der Waals surface area contributed by atoms with E-state index in [0.29, 0.717) is 17.3 Å². The zero-order valence-electron chi connectivity index (χ0n) is 14.9. The molecule has 1 aliphatic heterocycles. The van der Waals surface area contributed by atoms with E-state index in [1.54, 1.807) is 0 Å². The van der Waals surface area contributed by atoms with Crippen LogP contribution in [0.2, 0.25) is 0 Å². The van der Waals surface area contributed by atoms with Gasteiger partial charge in [-0.15, -0.1) is 0 Å². The van der Waals surface area contributed by atoms with E-state index in [1.807, 2.05) is 0 Å². The Kier molecular flexibility index (Phi) is 5.91. The molecule has 0 N–H and O–H groups in total. The average Bonchev–Trinajstić information content (AvgIpc) is 2.45. The summed E-state index contributed by atoms with van der Waals surface area (Å²) < 4.78 is 11.7. The molecule has 124 valence electrons. The first-order valence-electron chi connectivity index (χ1n) is 8.73. The largest absolute Gasteiger partial charge is 0.465 e. The molecule has 0 bridgehead atoms. The van der Waals surface area contributed by atoms with Gasteiger partial charge in [0.15, 0.2) is 6.29 Å². The molecule has 1 aromatic rings. The Morgan fingerprint density at radius 2 is 2.00 bits per heavy atom. The van der Waals surface area contributed by atoms with Gasteiger partial charge in [0, 0.05) is 6.42 Å². The van der Waals surface area contributed by atoms with Crippen molar-refractivity contribution < 1.29 is 9.47 Å². The van der Waals surface area contributed by atoms with E-state index >= 15 is 0 Å². The minimum absolute atomic E-state index is 0.0656. The van der Waals surface area contributed by atoms with E-state index in [0.717, 1.165) is 25.2 Å². The first-order chi connectivity index (χ1) is 10.3. The number of ether oxygens (including phenoxy) is 2. The van der Waals surface area contributed by atoms with Gasteiger partial charge in [-0.1, -0.05) is 46.8 Å². The topological polar surface area (TPSA) is 18.5 Å². The highest BCUT2D eigenvalue weighted by Gasteiger charge is 2.23. The highest BCUT2D eigenvalue weighted by molar-refractivity contribution is 5.31. The lowest BCUT2D eigenvalue weighted by Gasteiger charge is -2.30. The standard InChI is InChI=1S/C20H32O2/c1-15(2)18(14-20(3,4)5)16-9-8-10-17(13-16)22-19-11-6-7-12-21-19/h8-10,13,15,18-19H,6-7,11-12,14H2,1-5H3. The molecule has 0 aromatic heterocycles. The normalized spacial score (nSPS) is 20.9. The van der Waals surface area contributed by atoms with E-state index in [9.17, 15) is 0 Å². The van der Waals surface area contributed by atoms with Gasteiger partial charge in [-0.25, -0.2) is 0 Å². The second kappa shape index (κ2) is 7.50. The van der Waals surface area contributed by atoms with Crippen LogP contribution in [-0.4, -0.2) is 12.9 Å². The molecule has 2 unspecified atom stereocenters.